The Labute approximate surface area is 117 Å². The Bertz CT molecular complexity index is 596. The van der Waals surface area contributed by atoms with Gasteiger partial charge in [-0.25, -0.2) is 14.8 Å². The molecule has 0 saturated carbocycles. The van der Waals surface area contributed by atoms with Crippen molar-refractivity contribution in [2.75, 3.05) is 31.4 Å². The molecule has 1 aromatic heterocycles. The number of carbonyl (C=O) groups is 1. The van der Waals surface area contributed by atoms with Gasteiger partial charge in [0.2, 0.25) is 0 Å². The van der Waals surface area contributed by atoms with E-state index >= 15 is 0 Å². The van der Waals surface area contributed by atoms with Gasteiger partial charge >= 0.3 is 5.97 Å². The van der Waals surface area contributed by atoms with Crippen molar-refractivity contribution in [3.63, 3.8) is 0 Å². The number of esters is 1. The van der Waals surface area contributed by atoms with E-state index < -0.39 is 5.97 Å². The van der Waals surface area contributed by atoms with E-state index in [1.54, 1.807) is 0 Å². The molecule has 0 saturated heterocycles. The van der Waals surface area contributed by atoms with Gasteiger partial charge in [0.1, 0.15) is 5.82 Å². The molecule has 1 heterocycles. The van der Waals surface area contributed by atoms with Crippen LogP contribution in [0.5, 0.6) is 0 Å². The third-order valence-corrected chi connectivity index (χ3v) is 2.69. The predicted molar refractivity (Wildman–Crippen MR) is 77.4 cm³/mol. The van der Waals surface area contributed by atoms with Crippen LogP contribution in [0.1, 0.15) is 10.5 Å². The molecule has 0 aliphatic rings. The molecule has 2 rings (SSSR count). The number of benzene rings is 1. The second kappa shape index (κ2) is 6.01. The van der Waals surface area contributed by atoms with Gasteiger partial charge in [-0.3, -0.25) is 0 Å². The lowest BCUT2D eigenvalue weighted by Crippen LogP contribution is -2.11. The minimum absolute atomic E-state index is 0.180. The summed E-state index contributed by atoms with van der Waals surface area (Å²) >= 11 is 0. The third-order valence-electron chi connectivity index (χ3n) is 2.69. The number of hydrogen-bond donors (Lipinski definition) is 1. The van der Waals surface area contributed by atoms with Crippen LogP contribution in [0.25, 0.3) is 0 Å². The zero-order chi connectivity index (χ0) is 14.5. The van der Waals surface area contributed by atoms with Crippen LogP contribution in [0.15, 0.2) is 36.7 Å². The second-order valence-corrected chi connectivity index (χ2v) is 4.32. The van der Waals surface area contributed by atoms with Gasteiger partial charge in [-0.2, -0.15) is 0 Å². The monoisotopic (exact) mass is 272 g/mol. The van der Waals surface area contributed by atoms with E-state index in [-0.39, 0.29) is 5.69 Å². The Balaban J connectivity index is 2.20. The molecule has 104 valence electrons. The summed E-state index contributed by atoms with van der Waals surface area (Å²) in [5, 5.41) is 3.17. The molecule has 6 heteroatoms. The molecule has 0 spiro atoms. The fourth-order valence-electron chi connectivity index (χ4n) is 1.71. The highest BCUT2D eigenvalue weighted by Gasteiger charge is 2.08. The van der Waals surface area contributed by atoms with E-state index in [0.717, 1.165) is 11.4 Å². The molecule has 0 unspecified atom stereocenters. The number of nitrogens with zero attached hydrogens (tertiary/aromatic N) is 3. The van der Waals surface area contributed by atoms with Crippen molar-refractivity contribution in [3.05, 3.63) is 42.4 Å². The Hall–Kier alpha value is -2.63. The summed E-state index contributed by atoms with van der Waals surface area (Å²) in [6.45, 7) is 0. The molecule has 0 atom stereocenters. The quantitative estimate of drug-likeness (QED) is 0.859. The molecule has 0 aliphatic heterocycles. The van der Waals surface area contributed by atoms with Gasteiger partial charge in [0.05, 0.1) is 30.9 Å². The maximum Gasteiger partial charge on any atom is 0.358 e. The molecule has 0 fully saturated rings. The van der Waals surface area contributed by atoms with Gasteiger partial charge < -0.3 is 15.0 Å². The van der Waals surface area contributed by atoms with Gasteiger partial charge in [0, 0.05) is 14.1 Å². The summed E-state index contributed by atoms with van der Waals surface area (Å²) in [7, 11) is 5.24. The third kappa shape index (κ3) is 3.03. The Kier molecular flexibility index (Phi) is 4.14. The lowest BCUT2D eigenvalue weighted by atomic mass is 10.2. The van der Waals surface area contributed by atoms with Crippen LogP contribution in [-0.2, 0) is 4.74 Å². The highest BCUT2D eigenvalue weighted by molar-refractivity contribution is 5.86. The van der Waals surface area contributed by atoms with E-state index in [0.29, 0.717) is 5.82 Å². The van der Waals surface area contributed by atoms with Crippen molar-refractivity contribution >= 4 is 23.2 Å². The predicted octanol–water partition coefficient (Wildman–Crippen LogP) is 2.07. The zero-order valence-corrected chi connectivity index (χ0v) is 11.6. The summed E-state index contributed by atoms with van der Waals surface area (Å²) < 4.78 is 4.58. The fraction of sp³-hybridized carbons (Fsp3) is 0.214. The molecule has 6 nitrogen and oxygen atoms in total. The molecular weight excluding hydrogens is 256 g/mol. The first-order valence-corrected chi connectivity index (χ1v) is 6.05. The van der Waals surface area contributed by atoms with Gasteiger partial charge in [-0.05, 0) is 12.1 Å². The maximum atomic E-state index is 11.3. The highest BCUT2D eigenvalue weighted by Crippen LogP contribution is 2.25. The Morgan fingerprint density at radius 3 is 2.55 bits per heavy atom. The van der Waals surface area contributed by atoms with Crippen molar-refractivity contribution < 1.29 is 9.53 Å². The molecule has 1 N–H and O–H groups in total. The van der Waals surface area contributed by atoms with E-state index in [9.17, 15) is 4.79 Å². The number of rotatable bonds is 4. The topological polar surface area (TPSA) is 67.3 Å². The fourth-order valence-corrected chi connectivity index (χ4v) is 1.71. The number of para-hydroxylation sites is 2. The average Bonchev–Trinajstić information content (AvgIpc) is 2.47. The van der Waals surface area contributed by atoms with Crippen molar-refractivity contribution in [2.24, 2.45) is 0 Å². The molecule has 2 aromatic rings. The van der Waals surface area contributed by atoms with Crippen LogP contribution >= 0.6 is 0 Å². The van der Waals surface area contributed by atoms with Crippen LogP contribution in [0.2, 0.25) is 0 Å². The first-order chi connectivity index (χ1) is 9.61. The van der Waals surface area contributed by atoms with Crippen molar-refractivity contribution in [3.8, 4) is 0 Å². The minimum Gasteiger partial charge on any atom is -0.464 e. The number of hydrogen-bond acceptors (Lipinski definition) is 6. The standard InChI is InChI=1S/C14H16N4O2/c1-18(2)12-7-5-4-6-10(12)17-13-9-15-11(8-16-13)14(19)20-3/h4-9H,1-3H3,(H,16,17). The maximum absolute atomic E-state index is 11.3. The summed E-state index contributed by atoms with van der Waals surface area (Å²) in [4.78, 5) is 21.4. The largest absolute Gasteiger partial charge is 0.464 e. The number of aromatic nitrogens is 2. The minimum atomic E-state index is -0.502. The number of nitrogens with one attached hydrogen (secondary N) is 1. The summed E-state index contributed by atoms with van der Waals surface area (Å²) in [6, 6.07) is 7.85. The Morgan fingerprint density at radius 2 is 1.95 bits per heavy atom. The zero-order valence-electron chi connectivity index (χ0n) is 11.6. The van der Waals surface area contributed by atoms with Gasteiger partial charge in [-0.1, -0.05) is 12.1 Å². The normalized spacial score (nSPS) is 9.95. The summed E-state index contributed by atoms with van der Waals surface area (Å²) in [6.07, 6.45) is 2.88. The van der Waals surface area contributed by atoms with E-state index in [2.05, 4.69) is 20.0 Å². The number of methoxy groups -OCH3 is 1. The van der Waals surface area contributed by atoms with E-state index in [4.69, 9.17) is 0 Å². The van der Waals surface area contributed by atoms with Crippen LogP contribution in [0.4, 0.5) is 17.2 Å². The smallest absolute Gasteiger partial charge is 0.358 e. The van der Waals surface area contributed by atoms with Gasteiger partial charge in [0.15, 0.2) is 5.69 Å². The number of carbonyl (C=O) groups excluding carboxylic acids is 1. The molecule has 0 amide bonds. The lowest BCUT2D eigenvalue weighted by molar-refractivity contribution is 0.0593. The number of ether oxygens (including phenoxy) is 1. The molecule has 20 heavy (non-hydrogen) atoms. The number of anilines is 3. The van der Waals surface area contributed by atoms with Crippen LogP contribution < -0.4 is 10.2 Å². The lowest BCUT2D eigenvalue weighted by Gasteiger charge is -2.17. The summed E-state index contributed by atoms with van der Waals surface area (Å²) in [5.41, 5.74) is 2.13. The van der Waals surface area contributed by atoms with E-state index in [1.807, 2.05) is 43.3 Å². The molecule has 0 radical (unpaired) electrons. The molecular formula is C14H16N4O2. The van der Waals surface area contributed by atoms with Crippen LogP contribution in [0.3, 0.4) is 0 Å². The van der Waals surface area contributed by atoms with Crippen molar-refractivity contribution in [1.29, 1.82) is 0 Å². The van der Waals surface area contributed by atoms with Gasteiger partial charge in [0.25, 0.3) is 0 Å². The first-order valence-electron chi connectivity index (χ1n) is 6.05. The molecule has 1 aromatic carbocycles. The van der Waals surface area contributed by atoms with Crippen LogP contribution in [-0.4, -0.2) is 37.1 Å². The van der Waals surface area contributed by atoms with Crippen LogP contribution in [0, 0.1) is 0 Å². The highest BCUT2D eigenvalue weighted by atomic mass is 16.5. The van der Waals surface area contributed by atoms with E-state index in [1.165, 1.54) is 19.5 Å². The first kappa shape index (κ1) is 13.8. The van der Waals surface area contributed by atoms with Crippen molar-refractivity contribution in [1.82, 2.24) is 9.97 Å². The second-order valence-electron chi connectivity index (χ2n) is 4.32. The Morgan fingerprint density at radius 1 is 1.20 bits per heavy atom. The summed E-state index contributed by atoms with van der Waals surface area (Å²) in [5.74, 6) is 0.0599. The average molecular weight is 272 g/mol. The SMILES string of the molecule is COC(=O)c1cnc(Nc2ccccc2N(C)C)cn1. The van der Waals surface area contributed by atoms with Crippen molar-refractivity contribution in [2.45, 2.75) is 0 Å². The molecule has 0 aliphatic carbocycles. The molecule has 0 bridgehead atoms. The van der Waals surface area contributed by atoms with Gasteiger partial charge in [-0.15, -0.1) is 0 Å².